The second-order valence-corrected chi connectivity index (χ2v) is 8.52. The van der Waals surface area contributed by atoms with Gasteiger partial charge in [-0.15, -0.1) is 10.2 Å². The monoisotopic (exact) mass is 440 g/mol. The first-order valence-corrected chi connectivity index (χ1v) is 11.0. The molecule has 0 aliphatic carbocycles. The van der Waals surface area contributed by atoms with Gasteiger partial charge in [-0.1, -0.05) is 65.6 Å². The van der Waals surface area contributed by atoms with E-state index < -0.39 is 0 Å². The van der Waals surface area contributed by atoms with Crippen LogP contribution in [0.25, 0.3) is 11.3 Å². The Kier molecular flexibility index (Phi) is 6.50. The average molecular weight is 441 g/mol. The van der Waals surface area contributed by atoms with Crippen LogP contribution in [0, 0.1) is 5.82 Å². The molecule has 2 heterocycles. The van der Waals surface area contributed by atoms with Crippen LogP contribution in [-0.4, -0.2) is 21.1 Å². The van der Waals surface area contributed by atoms with Crippen LogP contribution in [0.1, 0.15) is 17.9 Å². The summed E-state index contributed by atoms with van der Waals surface area (Å²) in [7, 11) is 0. The van der Waals surface area contributed by atoms with Gasteiger partial charge >= 0.3 is 0 Å². The summed E-state index contributed by atoms with van der Waals surface area (Å²) in [6.07, 6.45) is 2.29. The second kappa shape index (κ2) is 9.64. The minimum Gasteiger partial charge on any atom is -0.441 e. The van der Waals surface area contributed by atoms with Crippen molar-refractivity contribution in [2.75, 3.05) is 5.32 Å². The number of hydrogen-bond donors (Lipinski definition) is 1. The molecule has 30 heavy (non-hydrogen) atoms. The van der Waals surface area contributed by atoms with Crippen LogP contribution >= 0.6 is 23.1 Å². The van der Waals surface area contributed by atoms with E-state index in [0.717, 1.165) is 15.5 Å². The van der Waals surface area contributed by atoms with E-state index in [-0.39, 0.29) is 18.1 Å². The highest BCUT2D eigenvalue weighted by Gasteiger charge is 2.12. The first kappa shape index (κ1) is 20.2. The number of nitrogens with zero attached hydrogens (tertiary/aromatic N) is 3. The standard InChI is InChI=1S/C21H17FN4O2S2/c22-16-8-6-14(7-9-16)13-29-21-26-25-20(30-21)24-18(27)10-11-19-23-12-17(28-19)15-4-2-1-3-5-15/h1-9,12H,10-11,13H2,(H,24,25,27). The molecule has 0 aliphatic rings. The zero-order chi connectivity index (χ0) is 20.8. The molecule has 9 heteroatoms. The van der Waals surface area contributed by atoms with Crippen molar-refractivity contribution in [3.05, 3.63) is 78.1 Å². The molecule has 2 aromatic carbocycles. The van der Waals surface area contributed by atoms with Gasteiger partial charge in [0.15, 0.2) is 16.0 Å². The number of hydrogen-bond acceptors (Lipinski definition) is 7. The molecule has 0 saturated heterocycles. The Bertz CT molecular complexity index is 1110. The summed E-state index contributed by atoms with van der Waals surface area (Å²) >= 11 is 2.79. The Morgan fingerprint density at radius 2 is 1.90 bits per heavy atom. The minimum atomic E-state index is -0.259. The number of halogens is 1. The van der Waals surface area contributed by atoms with E-state index in [1.165, 1.54) is 35.2 Å². The number of benzene rings is 2. The van der Waals surface area contributed by atoms with E-state index in [0.29, 0.717) is 29.0 Å². The van der Waals surface area contributed by atoms with Gasteiger partial charge in [0.25, 0.3) is 0 Å². The van der Waals surface area contributed by atoms with Crippen LogP contribution in [0.4, 0.5) is 9.52 Å². The number of anilines is 1. The fourth-order valence-electron chi connectivity index (χ4n) is 2.61. The maximum absolute atomic E-state index is 12.9. The van der Waals surface area contributed by atoms with Gasteiger partial charge < -0.3 is 9.73 Å². The number of aromatic nitrogens is 3. The molecule has 0 spiro atoms. The molecule has 0 saturated carbocycles. The summed E-state index contributed by atoms with van der Waals surface area (Å²) in [5, 5.41) is 11.3. The van der Waals surface area contributed by atoms with E-state index in [9.17, 15) is 9.18 Å². The quantitative estimate of drug-likeness (QED) is 0.300. The Balaban J connectivity index is 1.24. The Morgan fingerprint density at radius 3 is 2.70 bits per heavy atom. The summed E-state index contributed by atoms with van der Waals surface area (Å²) in [6.45, 7) is 0. The highest BCUT2D eigenvalue weighted by molar-refractivity contribution is 8.00. The van der Waals surface area contributed by atoms with E-state index in [1.807, 2.05) is 30.3 Å². The van der Waals surface area contributed by atoms with Crippen LogP contribution in [0.5, 0.6) is 0 Å². The molecule has 0 aliphatic heterocycles. The SMILES string of the molecule is O=C(CCc1ncc(-c2ccccc2)o1)Nc1nnc(SCc2ccc(F)cc2)s1. The normalized spacial score (nSPS) is 10.8. The van der Waals surface area contributed by atoms with Gasteiger partial charge in [0.05, 0.1) is 6.20 Å². The lowest BCUT2D eigenvalue weighted by Gasteiger charge is -1.99. The number of amides is 1. The smallest absolute Gasteiger partial charge is 0.226 e. The van der Waals surface area contributed by atoms with Crippen molar-refractivity contribution in [1.29, 1.82) is 0 Å². The molecule has 4 rings (SSSR count). The zero-order valence-corrected chi connectivity index (χ0v) is 17.4. The molecule has 4 aromatic rings. The van der Waals surface area contributed by atoms with Gasteiger partial charge in [-0.3, -0.25) is 4.79 Å². The number of thioether (sulfide) groups is 1. The Morgan fingerprint density at radius 1 is 1.10 bits per heavy atom. The third-order valence-electron chi connectivity index (χ3n) is 4.11. The van der Waals surface area contributed by atoms with Crippen molar-refractivity contribution in [3.63, 3.8) is 0 Å². The third-order valence-corrected chi connectivity index (χ3v) is 6.15. The highest BCUT2D eigenvalue weighted by Crippen LogP contribution is 2.28. The van der Waals surface area contributed by atoms with Gasteiger partial charge in [0, 0.05) is 24.2 Å². The van der Waals surface area contributed by atoms with Crippen LogP contribution in [0.3, 0.4) is 0 Å². The average Bonchev–Trinajstić information content (AvgIpc) is 3.42. The van der Waals surface area contributed by atoms with E-state index >= 15 is 0 Å². The lowest BCUT2D eigenvalue weighted by atomic mass is 10.2. The first-order valence-electron chi connectivity index (χ1n) is 9.16. The number of carbonyl (C=O) groups excluding carboxylic acids is 1. The Labute approximate surface area is 180 Å². The summed E-state index contributed by atoms with van der Waals surface area (Å²) in [4.78, 5) is 16.4. The summed E-state index contributed by atoms with van der Waals surface area (Å²) in [5.41, 5.74) is 1.93. The summed E-state index contributed by atoms with van der Waals surface area (Å²) in [6, 6.07) is 16.0. The van der Waals surface area contributed by atoms with Gasteiger partial charge in [0.2, 0.25) is 11.0 Å². The topological polar surface area (TPSA) is 80.9 Å². The number of nitrogens with one attached hydrogen (secondary N) is 1. The van der Waals surface area contributed by atoms with Crippen LogP contribution in [-0.2, 0) is 17.0 Å². The largest absolute Gasteiger partial charge is 0.441 e. The minimum absolute atomic E-state index is 0.180. The van der Waals surface area contributed by atoms with Gasteiger partial charge in [-0.2, -0.15) is 0 Å². The Hall–Kier alpha value is -3.04. The predicted octanol–water partition coefficient (Wildman–Crippen LogP) is 5.20. The summed E-state index contributed by atoms with van der Waals surface area (Å²) < 4.78 is 19.4. The highest BCUT2D eigenvalue weighted by atomic mass is 32.2. The molecule has 6 nitrogen and oxygen atoms in total. The molecular weight excluding hydrogens is 423 g/mol. The molecule has 2 aromatic heterocycles. The maximum atomic E-state index is 12.9. The third kappa shape index (κ3) is 5.52. The molecule has 1 amide bonds. The molecule has 0 bridgehead atoms. The lowest BCUT2D eigenvalue weighted by molar-refractivity contribution is -0.116. The van der Waals surface area contributed by atoms with Gasteiger partial charge in [0.1, 0.15) is 5.82 Å². The van der Waals surface area contributed by atoms with Gasteiger partial charge in [-0.25, -0.2) is 9.37 Å². The maximum Gasteiger partial charge on any atom is 0.226 e. The molecule has 0 fully saturated rings. The van der Waals surface area contributed by atoms with E-state index in [4.69, 9.17) is 4.42 Å². The number of oxazole rings is 1. The van der Waals surface area contributed by atoms with Crippen LogP contribution < -0.4 is 5.32 Å². The predicted molar refractivity (Wildman–Crippen MR) is 115 cm³/mol. The summed E-state index contributed by atoms with van der Waals surface area (Å²) in [5.74, 6) is 1.40. The fraction of sp³-hybridized carbons (Fsp3) is 0.143. The van der Waals surface area contributed by atoms with E-state index in [1.54, 1.807) is 18.3 Å². The van der Waals surface area contributed by atoms with Crippen LogP contribution in [0.2, 0.25) is 0 Å². The molecule has 1 N–H and O–H groups in total. The van der Waals surface area contributed by atoms with Crippen LogP contribution in [0.15, 0.2) is 69.6 Å². The number of aryl methyl sites for hydroxylation is 1. The molecular formula is C21H17FN4O2S2. The zero-order valence-electron chi connectivity index (χ0n) is 15.7. The molecule has 0 radical (unpaired) electrons. The fourth-order valence-corrected chi connectivity index (χ4v) is 4.33. The second-order valence-electron chi connectivity index (χ2n) is 6.32. The first-order chi connectivity index (χ1) is 14.7. The number of carbonyl (C=O) groups is 1. The van der Waals surface area contributed by atoms with Gasteiger partial charge in [-0.05, 0) is 17.7 Å². The van der Waals surface area contributed by atoms with Crippen molar-refractivity contribution in [1.82, 2.24) is 15.2 Å². The van der Waals surface area contributed by atoms with Crippen molar-refractivity contribution in [2.45, 2.75) is 22.9 Å². The molecule has 0 unspecified atom stereocenters. The van der Waals surface area contributed by atoms with Crippen molar-refractivity contribution in [3.8, 4) is 11.3 Å². The lowest BCUT2D eigenvalue weighted by Crippen LogP contribution is -2.12. The van der Waals surface area contributed by atoms with E-state index in [2.05, 4.69) is 20.5 Å². The van der Waals surface area contributed by atoms with Crippen molar-refractivity contribution < 1.29 is 13.6 Å². The van der Waals surface area contributed by atoms with Crippen molar-refractivity contribution in [2.24, 2.45) is 0 Å². The van der Waals surface area contributed by atoms with Crippen molar-refractivity contribution >= 4 is 34.1 Å². The molecule has 0 atom stereocenters. The number of rotatable bonds is 8. The molecule has 152 valence electrons.